The van der Waals surface area contributed by atoms with Crippen LogP contribution in [0.5, 0.6) is 0 Å². The number of fused-ring (bicyclic) bond motifs is 1. The molecule has 0 aliphatic carbocycles. The fourth-order valence-electron chi connectivity index (χ4n) is 2.15. The quantitative estimate of drug-likeness (QED) is 0.681. The SMILES string of the molecule is C[C@]1(c2ccc3ccccc3c2)CCO1. The lowest BCUT2D eigenvalue weighted by molar-refractivity contribution is -0.140. The largest absolute Gasteiger partial charge is 0.370 e. The second-order valence-electron chi connectivity index (χ2n) is 4.39. The molecule has 15 heavy (non-hydrogen) atoms. The van der Waals surface area contributed by atoms with Crippen LogP contribution in [0.25, 0.3) is 10.8 Å². The Labute approximate surface area is 89.7 Å². The third kappa shape index (κ3) is 1.35. The molecule has 1 atom stereocenters. The summed E-state index contributed by atoms with van der Waals surface area (Å²) in [4.78, 5) is 0. The van der Waals surface area contributed by atoms with Crippen molar-refractivity contribution in [3.05, 3.63) is 48.0 Å². The summed E-state index contributed by atoms with van der Waals surface area (Å²) in [6.07, 6.45) is 1.13. The summed E-state index contributed by atoms with van der Waals surface area (Å²) >= 11 is 0. The maximum atomic E-state index is 5.65. The summed E-state index contributed by atoms with van der Waals surface area (Å²) in [6.45, 7) is 3.06. The predicted octanol–water partition coefficient (Wildman–Crippen LogP) is 3.48. The summed E-state index contributed by atoms with van der Waals surface area (Å²) in [7, 11) is 0. The van der Waals surface area contributed by atoms with Gasteiger partial charge in [-0.3, -0.25) is 0 Å². The van der Waals surface area contributed by atoms with E-state index in [-0.39, 0.29) is 5.60 Å². The molecule has 0 spiro atoms. The third-order valence-electron chi connectivity index (χ3n) is 3.36. The number of rotatable bonds is 1. The monoisotopic (exact) mass is 198 g/mol. The third-order valence-corrected chi connectivity index (χ3v) is 3.36. The van der Waals surface area contributed by atoms with Crippen molar-refractivity contribution < 1.29 is 4.74 Å². The molecule has 1 fully saturated rings. The van der Waals surface area contributed by atoms with Gasteiger partial charge in [0.05, 0.1) is 12.2 Å². The van der Waals surface area contributed by atoms with E-state index in [9.17, 15) is 0 Å². The minimum atomic E-state index is -0.0377. The van der Waals surface area contributed by atoms with E-state index in [0.29, 0.717) is 0 Å². The van der Waals surface area contributed by atoms with Gasteiger partial charge in [0.1, 0.15) is 0 Å². The van der Waals surface area contributed by atoms with E-state index in [2.05, 4.69) is 49.4 Å². The smallest absolute Gasteiger partial charge is 0.0925 e. The van der Waals surface area contributed by atoms with Gasteiger partial charge in [-0.05, 0) is 29.3 Å². The van der Waals surface area contributed by atoms with Crippen LogP contribution in [-0.4, -0.2) is 6.61 Å². The standard InChI is InChI=1S/C14H14O/c1-14(8-9-15-14)13-7-6-11-4-2-3-5-12(11)10-13/h2-7,10H,8-9H2,1H3/t14-/m1/s1. The zero-order chi connectivity index (χ0) is 10.3. The summed E-state index contributed by atoms with van der Waals surface area (Å²) in [5, 5.41) is 2.59. The highest BCUT2D eigenvalue weighted by Gasteiger charge is 2.34. The molecular weight excluding hydrogens is 184 g/mol. The zero-order valence-corrected chi connectivity index (χ0v) is 8.86. The molecule has 76 valence electrons. The van der Waals surface area contributed by atoms with Crippen molar-refractivity contribution in [2.75, 3.05) is 6.61 Å². The lowest BCUT2D eigenvalue weighted by Gasteiger charge is -2.39. The van der Waals surface area contributed by atoms with E-state index in [1.807, 2.05) is 0 Å². The van der Waals surface area contributed by atoms with Gasteiger partial charge in [0.25, 0.3) is 0 Å². The van der Waals surface area contributed by atoms with Crippen molar-refractivity contribution in [2.45, 2.75) is 18.9 Å². The molecule has 1 nitrogen and oxygen atoms in total. The molecule has 0 unspecified atom stereocenters. The van der Waals surface area contributed by atoms with Crippen LogP contribution in [0.2, 0.25) is 0 Å². The Bertz CT molecular complexity index is 497. The minimum absolute atomic E-state index is 0.0377. The molecule has 2 aromatic rings. The average molecular weight is 198 g/mol. The number of ether oxygens (including phenoxy) is 1. The van der Waals surface area contributed by atoms with Crippen molar-refractivity contribution in [2.24, 2.45) is 0 Å². The highest BCUT2D eigenvalue weighted by Crippen LogP contribution is 2.37. The van der Waals surface area contributed by atoms with Crippen LogP contribution in [0.15, 0.2) is 42.5 Å². The Morgan fingerprint density at radius 3 is 2.47 bits per heavy atom. The van der Waals surface area contributed by atoms with Gasteiger partial charge >= 0.3 is 0 Å². The molecule has 0 bridgehead atoms. The molecule has 0 aromatic heterocycles. The van der Waals surface area contributed by atoms with E-state index in [1.54, 1.807) is 0 Å². The van der Waals surface area contributed by atoms with Crippen molar-refractivity contribution in [1.29, 1.82) is 0 Å². The fourth-order valence-corrected chi connectivity index (χ4v) is 2.15. The molecule has 2 aromatic carbocycles. The lowest BCUT2D eigenvalue weighted by Crippen LogP contribution is -2.37. The van der Waals surface area contributed by atoms with E-state index in [1.165, 1.54) is 16.3 Å². The first kappa shape index (κ1) is 8.93. The van der Waals surface area contributed by atoms with E-state index in [4.69, 9.17) is 4.74 Å². The number of hydrogen-bond donors (Lipinski definition) is 0. The molecule has 3 rings (SSSR count). The van der Waals surface area contributed by atoms with E-state index >= 15 is 0 Å². The maximum Gasteiger partial charge on any atom is 0.0925 e. The van der Waals surface area contributed by atoms with Gasteiger partial charge in [-0.25, -0.2) is 0 Å². The Hall–Kier alpha value is -1.34. The summed E-state index contributed by atoms with van der Waals surface area (Å²) in [6, 6.07) is 15.1. The molecule has 0 saturated carbocycles. The molecule has 0 N–H and O–H groups in total. The summed E-state index contributed by atoms with van der Waals surface area (Å²) < 4.78 is 5.65. The second-order valence-corrected chi connectivity index (χ2v) is 4.39. The Morgan fingerprint density at radius 1 is 1.07 bits per heavy atom. The molecule has 1 aliphatic rings. The van der Waals surface area contributed by atoms with Crippen molar-refractivity contribution >= 4 is 10.8 Å². The number of hydrogen-bond acceptors (Lipinski definition) is 1. The van der Waals surface area contributed by atoms with Gasteiger partial charge in [-0.1, -0.05) is 36.4 Å². The first-order chi connectivity index (χ1) is 7.28. The summed E-state index contributed by atoms with van der Waals surface area (Å²) in [5.74, 6) is 0. The molecule has 1 heteroatoms. The molecule has 0 amide bonds. The zero-order valence-electron chi connectivity index (χ0n) is 8.86. The molecule has 1 heterocycles. The molecular formula is C14H14O. The van der Waals surface area contributed by atoms with Gasteiger partial charge < -0.3 is 4.74 Å². The maximum absolute atomic E-state index is 5.65. The Balaban J connectivity index is 2.14. The van der Waals surface area contributed by atoms with Crippen LogP contribution in [0, 0.1) is 0 Å². The second kappa shape index (κ2) is 3.07. The minimum Gasteiger partial charge on any atom is -0.370 e. The van der Waals surface area contributed by atoms with Crippen LogP contribution < -0.4 is 0 Å². The fraction of sp³-hybridized carbons (Fsp3) is 0.286. The number of benzene rings is 2. The normalized spacial score (nSPS) is 25.1. The molecule has 1 aliphatic heterocycles. The average Bonchev–Trinajstić information content (AvgIpc) is 2.25. The van der Waals surface area contributed by atoms with Gasteiger partial charge in [0.2, 0.25) is 0 Å². The Morgan fingerprint density at radius 2 is 1.80 bits per heavy atom. The predicted molar refractivity (Wildman–Crippen MR) is 61.9 cm³/mol. The van der Waals surface area contributed by atoms with Crippen molar-refractivity contribution in [3.63, 3.8) is 0 Å². The van der Waals surface area contributed by atoms with Crippen LogP contribution in [-0.2, 0) is 10.3 Å². The highest BCUT2D eigenvalue weighted by molar-refractivity contribution is 5.83. The van der Waals surface area contributed by atoms with Crippen LogP contribution >= 0.6 is 0 Å². The first-order valence-electron chi connectivity index (χ1n) is 5.41. The van der Waals surface area contributed by atoms with Gasteiger partial charge in [-0.15, -0.1) is 0 Å². The van der Waals surface area contributed by atoms with E-state index < -0.39 is 0 Å². The molecule has 1 saturated heterocycles. The Kier molecular flexibility index (Phi) is 1.83. The summed E-state index contributed by atoms with van der Waals surface area (Å²) in [5.41, 5.74) is 1.26. The van der Waals surface area contributed by atoms with Crippen LogP contribution in [0.4, 0.5) is 0 Å². The van der Waals surface area contributed by atoms with Crippen molar-refractivity contribution in [1.82, 2.24) is 0 Å². The molecule has 0 radical (unpaired) electrons. The first-order valence-corrected chi connectivity index (χ1v) is 5.41. The lowest BCUT2D eigenvalue weighted by atomic mass is 9.87. The van der Waals surface area contributed by atoms with Crippen molar-refractivity contribution in [3.8, 4) is 0 Å². The van der Waals surface area contributed by atoms with Crippen LogP contribution in [0.1, 0.15) is 18.9 Å². The van der Waals surface area contributed by atoms with E-state index in [0.717, 1.165) is 13.0 Å². The van der Waals surface area contributed by atoms with Gasteiger partial charge in [0.15, 0.2) is 0 Å². The van der Waals surface area contributed by atoms with Crippen LogP contribution in [0.3, 0.4) is 0 Å². The van der Waals surface area contributed by atoms with Gasteiger partial charge in [-0.2, -0.15) is 0 Å². The topological polar surface area (TPSA) is 9.23 Å². The van der Waals surface area contributed by atoms with Gasteiger partial charge in [0, 0.05) is 6.42 Å². The highest BCUT2D eigenvalue weighted by atomic mass is 16.5.